The molecule has 1 nitrogen and oxygen atoms in total. The Kier molecular flexibility index (Phi) is 3.06. The van der Waals surface area contributed by atoms with E-state index in [4.69, 9.17) is 5.73 Å². The highest BCUT2D eigenvalue weighted by atomic mass is 19.1. The van der Waals surface area contributed by atoms with E-state index < -0.39 is 0 Å². The van der Waals surface area contributed by atoms with Gasteiger partial charge in [-0.05, 0) is 48.9 Å². The van der Waals surface area contributed by atoms with Crippen LogP contribution in [0.4, 0.5) is 4.39 Å². The molecule has 1 aliphatic carbocycles. The molecule has 82 valence electrons. The van der Waals surface area contributed by atoms with Crippen LogP contribution < -0.4 is 5.73 Å². The number of hydrogen-bond donors (Lipinski definition) is 1. The number of halogens is 1. The quantitative estimate of drug-likeness (QED) is 0.807. The van der Waals surface area contributed by atoms with Gasteiger partial charge < -0.3 is 5.73 Å². The van der Waals surface area contributed by atoms with E-state index in [-0.39, 0.29) is 11.9 Å². The normalized spacial score (nSPS) is 17.8. The third kappa shape index (κ3) is 3.03. The van der Waals surface area contributed by atoms with Crippen molar-refractivity contribution in [3.8, 4) is 0 Å². The highest BCUT2D eigenvalue weighted by molar-refractivity contribution is 5.27. The Hall–Kier alpha value is -0.890. The summed E-state index contributed by atoms with van der Waals surface area (Å²) in [5, 5.41) is 0. The van der Waals surface area contributed by atoms with Gasteiger partial charge in [0.15, 0.2) is 0 Å². The van der Waals surface area contributed by atoms with E-state index in [1.807, 2.05) is 13.0 Å². The standard InChI is InChI=1S/C13H18FN/c1-9-2-5-12(14)7-11(9)8-13(15)6-10-3-4-10/h2,5,7,10,13H,3-4,6,8,15H2,1H3. The number of rotatable bonds is 4. The van der Waals surface area contributed by atoms with Crippen molar-refractivity contribution in [1.82, 2.24) is 0 Å². The molecule has 2 N–H and O–H groups in total. The van der Waals surface area contributed by atoms with Crippen LogP contribution in [-0.4, -0.2) is 6.04 Å². The summed E-state index contributed by atoms with van der Waals surface area (Å²) in [5.41, 5.74) is 8.24. The minimum atomic E-state index is -0.158. The maximum atomic E-state index is 13.0. The van der Waals surface area contributed by atoms with Crippen molar-refractivity contribution in [3.63, 3.8) is 0 Å². The van der Waals surface area contributed by atoms with Crippen molar-refractivity contribution in [3.05, 3.63) is 35.1 Å². The van der Waals surface area contributed by atoms with Crippen LogP contribution in [0.15, 0.2) is 18.2 Å². The van der Waals surface area contributed by atoms with E-state index in [2.05, 4.69) is 0 Å². The lowest BCUT2D eigenvalue weighted by Crippen LogP contribution is -2.23. The van der Waals surface area contributed by atoms with Gasteiger partial charge in [0, 0.05) is 6.04 Å². The first-order chi connectivity index (χ1) is 7.15. The zero-order valence-electron chi connectivity index (χ0n) is 9.17. The average molecular weight is 207 g/mol. The zero-order chi connectivity index (χ0) is 10.8. The predicted molar refractivity (Wildman–Crippen MR) is 60.2 cm³/mol. The summed E-state index contributed by atoms with van der Waals surface area (Å²) in [4.78, 5) is 0. The first kappa shape index (κ1) is 10.6. The van der Waals surface area contributed by atoms with Gasteiger partial charge in [-0.2, -0.15) is 0 Å². The predicted octanol–water partition coefficient (Wildman–Crippen LogP) is 2.80. The van der Waals surface area contributed by atoms with Crippen LogP contribution in [0.2, 0.25) is 0 Å². The van der Waals surface area contributed by atoms with Crippen molar-refractivity contribution in [2.45, 2.75) is 38.6 Å². The van der Waals surface area contributed by atoms with Crippen molar-refractivity contribution < 1.29 is 4.39 Å². The van der Waals surface area contributed by atoms with Crippen LogP contribution in [0, 0.1) is 18.7 Å². The molecule has 2 rings (SSSR count). The molecule has 0 aliphatic heterocycles. The van der Waals surface area contributed by atoms with Gasteiger partial charge in [-0.3, -0.25) is 0 Å². The van der Waals surface area contributed by atoms with Crippen molar-refractivity contribution in [2.75, 3.05) is 0 Å². The van der Waals surface area contributed by atoms with Gasteiger partial charge in [0.25, 0.3) is 0 Å². The second kappa shape index (κ2) is 4.31. The highest BCUT2D eigenvalue weighted by Crippen LogP contribution is 2.33. The molecule has 0 aromatic heterocycles. The van der Waals surface area contributed by atoms with E-state index in [1.54, 1.807) is 6.07 Å². The minimum absolute atomic E-state index is 0.158. The van der Waals surface area contributed by atoms with E-state index in [0.717, 1.165) is 29.9 Å². The molecule has 0 heterocycles. The molecular formula is C13H18FN. The number of aryl methyl sites for hydroxylation is 1. The molecule has 1 saturated carbocycles. The Labute approximate surface area is 90.5 Å². The van der Waals surface area contributed by atoms with E-state index in [9.17, 15) is 4.39 Å². The van der Waals surface area contributed by atoms with Gasteiger partial charge in [0.1, 0.15) is 5.82 Å². The summed E-state index contributed by atoms with van der Waals surface area (Å²) in [5.74, 6) is 0.683. The maximum Gasteiger partial charge on any atom is 0.123 e. The number of nitrogens with two attached hydrogens (primary N) is 1. The first-order valence-corrected chi connectivity index (χ1v) is 5.66. The van der Waals surface area contributed by atoms with Crippen LogP contribution >= 0.6 is 0 Å². The van der Waals surface area contributed by atoms with Gasteiger partial charge >= 0.3 is 0 Å². The Balaban J connectivity index is 1.98. The van der Waals surface area contributed by atoms with Gasteiger partial charge in [-0.15, -0.1) is 0 Å². The second-order valence-corrected chi connectivity index (χ2v) is 4.71. The lowest BCUT2D eigenvalue weighted by molar-refractivity contribution is 0.561. The maximum absolute atomic E-state index is 13.0. The lowest BCUT2D eigenvalue weighted by Gasteiger charge is -2.12. The van der Waals surface area contributed by atoms with Crippen molar-refractivity contribution >= 4 is 0 Å². The molecule has 0 bridgehead atoms. The molecule has 1 aromatic carbocycles. The molecule has 15 heavy (non-hydrogen) atoms. The fourth-order valence-corrected chi connectivity index (χ4v) is 2.01. The third-order valence-corrected chi connectivity index (χ3v) is 3.13. The monoisotopic (exact) mass is 207 g/mol. The van der Waals surface area contributed by atoms with Crippen molar-refractivity contribution in [2.24, 2.45) is 11.7 Å². The fourth-order valence-electron chi connectivity index (χ4n) is 2.01. The molecule has 0 saturated heterocycles. The molecule has 0 spiro atoms. The molecule has 1 aromatic rings. The van der Waals surface area contributed by atoms with E-state index >= 15 is 0 Å². The van der Waals surface area contributed by atoms with Crippen LogP contribution in [0.5, 0.6) is 0 Å². The summed E-state index contributed by atoms with van der Waals surface area (Å²) < 4.78 is 13.0. The van der Waals surface area contributed by atoms with Gasteiger partial charge in [-0.25, -0.2) is 4.39 Å². The Morgan fingerprint density at radius 2 is 2.20 bits per heavy atom. The Morgan fingerprint density at radius 1 is 1.47 bits per heavy atom. The van der Waals surface area contributed by atoms with Gasteiger partial charge in [0.05, 0.1) is 0 Å². The summed E-state index contributed by atoms with van der Waals surface area (Å²) in [6.45, 7) is 2.01. The van der Waals surface area contributed by atoms with Crippen LogP contribution in [0.1, 0.15) is 30.4 Å². The van der Waals surface area contributed by atoms with Crippen molar-refractivity contribution in [1.29, 1.82) is 0 Å². The summed E-state index contributed by atoms with van der Waals surface area (Å²) in [6.07, 6.45) is 4.56. The Bertz CT molecular complexity index is 344. The lowest BCUT2D eigenvalue weighted by atomic mass is 9.98. The second-order valence-electron chi connectivity index (χ2n) is 4.71. The van der Waals surface area contributed by atoms with Gasteiger partial charge in [-0.1, -0.05) is 18.9 Å². The molecule has 1 fully saturated rings. The van der Waals surface area contributed by atoms with Gasteiger partial charge in [0.2, 0.25) is 0 Å². The van der Waals surface area contributed by atoms with Crippen LogP contribution in [0.25, 0.3) is 0 Å². The third-order valence-electron chi connectivity index (χ3n) is 3.13. The zero-order valence-corrected chi connectivity index (χ0v) is 9.17. The minimum Gasteiger partial charge on any atom is -0.327 e. The number of hydrogen-bond acceptors (Lipinski definition) is 1. The molecule has 1 aliphatic rings. The highest BCUT2D eigenvalue weighted by Gasteiger charge is 2.24. The topological polar surface area (TPSA) is 26.0 Å². The fraction of sp³-hybridized carbons (Fsp3) is 0.538. The molecule has 0 amide bonds. The smallest absolute Gasteiger partial charge is 0.123 e. The SMILES string of the molecule is Cc1ccc(F)cc1CC(N)CC1CC1. The molecule has 2 heteroatoms. The van der Waals surface area contributed by atoms with E-state index in [1.165, 1.54) is 18.9 Å². The van der Waals surface area contributed by atoms with Crippen LogP contribution in [0.3, 0.4) is 0 Å². The summed E-state index contributed by atoms with van der Waals surface area (Å²) in [6, 6.07) is 5.14. The van der Waals surface area contributed by atoms with E-state index in [0.29, 0.717) is 0 Å². The first-order valence-electron chi connectivity index (χ1n) is 5.66. The largest absolute Gasteiger partial charge is 0.327 e. The molecule has 1 atom stereocenters. The molecular weight excluding hydrogens is 189 g/mol. The van der Waals surface area contributed by atoms with Crippen LogP contribution in [-0.2, 0) is 6.42 Å². The number of benzene rings is 1. The molecule has 0 radical (unpaired) electrons. The summed E-state index contributed by atoms with van der Waals surface area (Å²) in [7, 11) is 0. The summed E-state index contributed by atoms with van der Waals surface area (Å²) >= 11 is 0. The molecule has 1 unspecified atom stereocenters. The average Bonchev–Trinajstić information content (AvgIpc) is 2.95. The Morgan fingerprint density at radius 3 is 2.87 bits per heavy atom.